The molecule has 0 aromatic carbocycles. The number of carbonyl (C=O) groups excluding carboxylic acids is 2. The fraction of sp³-hybridized carbons (Fsp3) is 0.500. The number of hydrogen-bond acceptors (Lipinski definition) is 4. The molecule has 1 aromatic heterocycles. The van der Waals surface area contributed by atoms with E-state index in [-0.39, 0.29) is 24.0 Å². The summed E-state index contributed by atoms with van der Waals surface area (Å²) in [5.41, 5.74) is 0. The zero-order chi connectivity index (χ0) is 15.1. The molecule has 1 heterocycles. The first-order valence-electron chi connectivity index (χ1n) is 6.43. The molecule has 0 radical (unpaired) electrons. The molecule has 6 nitrogen and oxygen atoms in total. The van der Waals surface area contributed by atoms with Crippen LogP contribution < -0.4 is 5.32 Å². The molecule has 108 valence electrons. The van der Waals surface area contributed by atoms with Crippen LogP contribution in [0.2, 0.25) is 0 Å². The molecule has 0 saturated heterocycles. The van der Waals surface area contributed by atoms with Crippen molar-refractivity contribution in [2.75, 3.05) is 13.6 Å². The maximum absolute atomic E-state index is 12.3. The molecule has 1 rings (SSSR count). The van der Waals surface area contributed by atoms with Gasteiger partial charge in [-0.25, -0.2) is 0 Å². The summed E-state index contributed by atoms with van der Waals surface area (Å²) in [6, 6.07) is 4.50. The molecule has 0 aliphatic heterocycles. The lowest BCUT2D eigenvalue weighted by Crippen LogP contribution is -2.50. The lowest BCUT2D eigenvalue weighted by Gasteiger charge is -2.26. The number of amides is 2. The van der Waals surface area contributed by atoms with Crippen LogP contribution in [0.1, 0.15) is 30.8 Å². The molecule has 0 aliphatic carbocycles. The zero-order valence-electron chi connectivity index (χ0n) is 11.9. The van der Waals surface area contributed by atoms with Crippen LogP contribution in [0.5, 0.6) is 0 Å². The van der Waals surface area contributed by atoms with Crippen molar-refractivity contribution in [2.45, 2.75) is 26.3 Å². The third kappa shape index (κ3) is 4.12. The Bertz CT molecular complexity index is 488. The first-order valence-corrected chi connectivity index (χ1v) is 6.43. The van der Waals surface area contributed by atoms with Gasteiger partial charge < -0.3 is 14.6 Å². The van der Waals surface area contributed by atoms with Gasteiger partial charge in [0.2, 0.25) is 5.91 Å². The monoisotopic (exact) mass is 277 g/mol. The number of likely N-dealkylation sites (N-methyl/N-ethyl adjacent to an activating group) is 1. The maximum Gasteiger partial charge on any atom is 0.287 e. The van der Waals surface area contributed by atoms with Crippen LogP contribution in [0, 0.1) is 17.2 Å². The minimum absolute atomic E-state index is 0.0639. The number of nitrogens with zero attached hydrogens (tertiary/aromatic N) is 2. The molecule has 1 atom stereocenters. The van der Waals surface area contributed by atoms with Gasteiger partial charge in [0.05, 0.1) is 18.8 Å². The Morgan fingerprint density at radius 3 is 2.70 bits per heavy atom. The van der Waals surface area contributed by atoms with Gasteiger partial charge in [-0.05, 0) is 18.1 Å². The molecule has 1 aromatic rings. The van der Waals surface area contributed by atoms with Crippen molar-refractivity contribution < 1.29 is 14.0 Å². The van der Waals surface area contributed by atoms with E-state index in [0.29, 0.717) is 6.54 Å². The van der Waals surface area contributed by atoms with E-state index in [1.54, 1.807) is 13.1 Å². The van der Waals surface area contributed by atoms with Gasteiger partial charge in [0.15, 0.2) is 5.76 Å². The smallest absolute Gasteiger partial charge is 0.287 e. The van der Waals surface area contributed by atoms with E-state index in [2.05, 4.69) is 5.32 Å². The molecular weight excluding hydrogens is 258 g/mol. The van der Waals surface area contributed by atoms with E-state index >= 15 is 0 Å². The molecule has 0 bridgehead atoms. The SMILES string of the molecule is CC(C)C(NC(=O)c1ccco1)C(=O)N(C)CCC#N. The Hall–Kier alpha value is -2.29. The number of rotatable bonds is 6. The Kier molecular flexibility index (Phi) is 5.78. The first kappa shape index (κ1) is 15.8. The number of nitriles is 1. The Balaban J connectivity index is 2.72. The van der Waals surface area contributed by atoms with Crippen molar-refractivity contribution in [3.63, 3.8) is 0 Å². The molecule has 1 N–H and O–H groups in total. The summed E-state index contributed by atoms with van der Waals surface area (Å²) in [6.07, 6.45) is 1.67. The van der Waals surface area contributed by atoms with Crippen LogP contribution in [0.3, 0.4) is 0 Å². The average Bonchev–Trinajstić information content (AvgIpc) is 2.94. The van der Waals surface area contributed by atoms with Crippen LogP contribution in [0.25, 0.3) is 0 Å². The van der Waals surface area contributed by atoms with Crippen molar-refractivity contribution in [2.24, 2.45) is 5.92 Å². The van der Waals surface area contributed by atoms with E-state index in [1.165, 1.54) is 17.2 Å². The minimum atomic E-state index is -0.642. The van der Waals surface area contributed by atoms with E-state index in [0.717, 1.165) is 0 Å². The first-order chi connectivity index (χ1) is 9.47. The van der Waals surface area contributed by atoms with Gasteiger partial charge >= 0.3 is 0 Å². The van der Waals surface area contributed by atoms with Gasteiger partial charge in [0.1, 0.15) is 6.04 Å². The summed E-state index contributed by atoms with van der Waals surface area (Å²) >= 11 is 0. The number of nitrogens with one attached hydrogen (secondary N) is 1. The van der Waals surface area contributed by atoms with Crippen LogP contribution in [0.4, 0.5) is 0 Å². The summed E-state index contributed by atoms with van der Waals surface area (Å²) in [7, 11) is 1.62. The topological polar surface area (TPSA) is 86.3 Å². The Labute approximate surface area is 118 Å². The second-order valence-corrected chi connectivity index (χ2v) is 4.84. The van der Waals surface area contributed by atoms with Crippen molar-refractivity contribution in [3.8, 4) is 6.07 Å². The zero-order valence-corrected chi connectivity index (χ0v) is 11.9. The minimum Gasteiger partial charge on any atom is -0.459 e. The normalized spacial score (nSPS) is 11.8. The number of furan rings is 1. The fourth-order valence-corrected chi connectivity index (χ4v) is 1.70. The van der Waals surface area contributed by atoms with E-state index in [1.807, 2.05) is 19.9 Å². The predicted octanol–water partition coefficient (Wildman–Crippen LogP) is 1.41. The van der Waals surface area contributed by atoms with E-state index in [4.69, 9.17) is 9.68 Å². The van der Waals surface area contributed by atoms with Gasteiger partial charge in [-0.2, -0.15) is 5.26 Å². The predicted molar refractivity (Wildman–Crippen MR) is 72.7 cm³/mol. The fourth-order valence-electron chi connectivity index (χ4n) is 1.70. The summed E-state index contributed by atoms with van der Waals surface area (Å²) in [5, 5.41) is 11.2. The van der Waals surface area contributed by atoms with Crippen LogP contribution in [-0.4, -0.2) is 36.3 Å². The number of hydrogen-bond donors (Lipinski definition) is 1. The molecule has 2 amide bonds. The third-order valence-corrected chi connectivity index (χ3v) is 2.90. The molecule has 0 aliphatic rings. The molecule has 0 fully saturated rings. The summed E-state index contributed by atoms with van der Waals surface area (Å²) in [6.45, 7) is 4.04. The standard InChI is InChI=1S/C14H19N3O3/c1-10(2)12(14(19)17(3)8-5-7-15)16-13(18)11-6-4-9-20-11/h4,6,9-10,12H,5,8H2,1-3H3,(H,16,18). The lowest BCUT2D eigenvalue weighted by atomic mass is 10.0. The summed E-state index contributed by atoms with van der Waals surface area (Å²) < 4.78 is 5.00. The maximum atomic E-state index is 12.3. The number of carbonyl (C=O) groups is 2. The third-order valence-electron chi connectivity index (χ3n) is 2.90. The van der Waals surface area contributed by atoms with Gasteiger partial charge in [-0.15, -0.1) is 0 Å². The van der Waals surface area contributed by atoms with Crippen molar-refractivity contribution in [1.29, 1.82) is 5.26 Å². The highest BCUT2D eigenvalue weighted by atomic mass is 16.3. The van der Waals surface area contributed by atoms with Crippen molar-refractivity contribution >= 4 is 11.8 Å². The molecule has 6 heteroatoms. The van der Waals surface area contributed by atoms with Crippen LogP contribution in [0.15, 0.2) is 22.8 Å². The molecule has 1 unspecified atom stereocenters. The lowest BCUT2D eigenvalue weighted by molar-refractivity contribution is -0.132. The van der Waals surface area contributed by atoms with Gasteiger partial charge in [0, 0.05) is 13.6 Å². The average molecular weight is 277 g/mol. The van der Waals surface area contributed by atoms with Crippen molar-refractivity contribution in [3.05, 3.63) is 24.2 Å². The highest BCUT2D eigenvalue weighted by Crippen LogP contribution is 2.08. The summed E-state index contributed by atoms with van der Waals surface area (Å²) in [5.74, 6) is -0.528. The molecule has 20 heavy (non-hydrogen) atoms. The quantitative estimate of drug-likeness (QED) is 0.851. The van der Waals surface area contributed by atoms with Crippen LogP contribution >= 0.6 is 0 Å². The molecular formula is C14H19N3O3. The van der Waals surface area contributed by atoms with E-state index in [9.17, 15) is 9.59 Å². The Morgan fingerprint density at radius 2 is 2.20 bits per heavy atom. The largest absolute Gasteiger partial charge is 0.459 e. The summed E-state index contributed by atoms with van der Waals surface area (Å²) in [4.78, 5) is 25.7. The van der Waals surface area contributed by atoms with Crippen molar-refractivity contribution in [1.82, 2.24) is 10.2 Å². The molecule has 0 saturated carbocycles. The van der Waals surface area contributed by atoms with Crippen LogP contribution in [-0.2, 0) is 4.79 Å². The Morgan fingerprint density at radius 1 is 1.50 bits per heavy atom. The van der Waals surface area contributed by atoms with Gasteiger partial charge in [0.25, 0.3) is 5.91 Å². The van der Waals surface area contributed by atoms with Gasteiger partial charge in [-0.3, -0.25) is 9.59 Å². The highest BCUT2D eigenvalue weighted by molar-refractivity contribution is 5.95. The molecule has 0 spiro atoms. The van der Waals surface area contributed by atoms with Gasteiger partial charge in [-0.1, -0.05) is 13.8 Å². The second-order valence-electron chi connectivity index (χ2n) is 4.84. The van der Waals surface area contributed by atoms with E-state index < -0.39 is 11.9 Å². The second kappa shape index (κ2) is 7.34. The highest BCUT2D eigenvalue weighted by Gasteiger charge is 2.27.